The number of primary amides is 1. The number of hydrogen-bond acceptors (Lipinski definition) is 22. The highest BCUT2D eigenvalue weighted by atomic mass is 32.2. The summed E-state index contributed by atoms with van der Waals surface area (Å²) < 4.78 is 0. The van der Waals surface area contributed by atoms with Gasteiger partial charge in [-0.25, -0.2) is 4.98 Å². The lowest BCUT2D eigenvalue weighted by atomic mass is 9.95. The van der Waals surface area contributed by atoms with Gasteiger partial charge in [0.15, 0.2) is 0 Å². The molecule has 0 spiro atoms. The molecule has 674 valence electrons. The Morgan fingerprint density at radius 3 is 1.77 bits per heavy atom. The first kappa shape index (κ1) is 94.7. The fraction of sp³-hybridized carbons (Fsp3) is 0.512. The van der Waals surface area contributed by atoms with Crippen LogP contribution in [0.15, 0.2) is 91.6 Å². The van der Waals surface area contributed by atoms with E-state index in [1.165, 1.54) is 63.6 Å². The number of aromatic nitrogens is 4. The highest BCUT2D eigenvalue weighted by Crippen LogP contribution is 2.34. The first-order valence-electron chi connectivity index (χ1n) is 41.9. The van der Waals surface area contributed by atoms with E-state index in [9.17, 15) is 68.4 Å². The van der Waals surface area contributed by atoms with E-state index in [-0.39, 0.29) is 88.1 Å². The van der Waals surface area contributed by atoms with E-state index in [0.29, 0.717) is 69.9 Å². The first-order chi connectivity index (χ1) is 59.7. The number of aromatic amines is 3. The number of H-pyrrole nitrogens is 3. The third-order valence-corrected chi connectivity index (χ3v) is 24.1. The van der Waals surface area contributed by atoms with E-state index >= 15 is 28.8 Å². The number of unbranched alkanes of at least 4 members (excludes halogenated alkanes) is 2. The summed E-state index contributed by atoms with van der Waals surface area (Å²) in [4.78, 5) is 252. The van der Waals surface area contributed by atoms with Gasteiger partial charge in [-0.2, -0.15) is 0 Å². The van der Waals surface area contributed by atoms with Gasteiger partial charge >= 0.3 is 5.97 Å². The maximum atomic E-state index is 15.5. The molecule has 6 aromatic rings. The van der Waals surface area contributed by atoms with Crippen LogP contribution in [0, 0.1) is 0 Å². The number of nitrogens with zero attached hydrogens (tertiary/aromatic N) is 6. The number of carboxylic acid groups (broad SMARTS) is 1. The number of carbonyl (C=O) groups excluding carboxylic acids is 15. The van der Waals surface area contributed by atoms with Crippen molar-refractivity contribution in [2.75, 3.05) is 56.7 Å². The fourth-order valence-electron chi connectivity index (χ4n) is 16.2. The molecule has 15 atom stereocenters. The van der Waals surface area contributed by atoms with Crippen LogP contribution in [-0.2, 0) is 102 Å². The molecule has 40 nitrogen and oxygen atoms in total. The number of aromatic hydroxyl groups is 1. The van der Waals surface area contributed by atoms with Crippen molar-refractivity contribution >= 4 is 134 Å². The topological polar surface area (TPSA) is 591 Å². The Morgan fingerprint density at radius 1 is 0.584 bits per heavy atom. The number of nitrogens with one attached hydrogen (secondary N) is 12. The molecular weight excluding hydrogens is 1640 g/mol. The van der Waals surface area contributed by atoms with E-state index < -0.39 is 223 Å². The zero-order chi connectivity index (χ0) is 90.6. The van der Waals surface area contributed by atoms with Crippen LogP contribution >= 0.6 is 11.8 Å². The molecular formula is C84H112N20O20S. The van der Waals surface area contributed by atoms with E-state index in [2.05, 4.69) is 67.8 Å². The van der Waals surface area contributed by atoms with Gasteiger partial charge in [-0.1, -0.05) is 82.0 Å². The minimum absolute atomic E-state index is 0.0185. The monoisotopic (exact) mass is 1750 g/mol. The number of rotatable bonds is 19. The molecule has 4 aliphatic heterocycles. The molecule has 2 bridgehead atoms. The summed E-state index contributed by atoms with van der Waals surface area (Å²) in [7, 11) is 2.73. The Balaban J connectivity index is 0.984. The number of thioether (sulfide) groups is 1. The van der Waals surface area contributed by atoms with Gasteiger partial charge in [-0.3, -0.25) is 81.6 Å². The van der Waals surface area contributed by atoms with Crippen LogP contribution in [0.3, 0.4) is 0 Å². The number of amides is 15. The number of aliphatic hydroxyl groups is 2. The Morgan fingerprint density at radius 2 is 1.15 bits per heavy atom. The number of aliphatic carboxylic acids is 1. The summed E-state index contributed by atoms with van der Waals surface area (Å²) in [6.07, 6.45) is 3.64. The molecule has 3 saturated heterocycles. The number of aliphatic hydroxyl groups excluding tert-OH is 2. The number of carbonyl (C=O) groups is 16. The van der Waals surface area contributed by atoms with Crippen molar-refractivity contribution in [3.63, 3.8) is 0 Å². The number of likely N-dealkylation sites (N-methyl/N-ethyl adjacent to an activating group) is 2. The fourth-order valence-corrected chi connectivity index (χ4v) is 17.1. The SMILES string of the molecule is CCCC[C@H]1C(=O)N(C)[C@@H](CCCC)C(=O)N[C@@H](C)C(=O)N[C@H](C(N)=O)CSCC(=O)N[C@H]2Cc3ccc(O)cc3N(C2=O)[C@@H](C)C(=O)N[C@@H](CCC(=O)O)C(=O)N2CCC[C@H]2C(=O)N[C@@H](Cc2cnc[nH]2)C(=O)N[C@@H](CCN)C(=O)N2C[C@H](O)C[C@H]2C(=O)N[C@@H](Cc2c[nH]c3ccccc23)C(=O)N[C@@H](CO)C(=O)N[C@@H](Cc2c[nH]c3ccccc23)C(=O)N1C. The Hall–Kier alpha value is -12.5. The van der Waals surface area contributed by atoms with E-state index in [1.807, 2.05) is 13.8 Å². The number of para-hydroxylation sites is 2. The second-order valence-corrected chi connectivity index (χ2v) is 33.0. The molecule has 4 aliphatic rings. The number of fused-ring (bicyclic) bond motifs is 8. The van der Waals surface area contributed by atoms with Gasteiger partial charge in [-0.05, 0) is 93.8 Å². The Bertz CT molecular complexity index is 4950. The normalized spacial score (nSPS) is 26.1. The third-order valence-electron chi connectivity index (χ3n) is 23.1. The maximum absolute atomic E-state index is 15.5. The summed E-state index contributed by atoms with van der Waals surface area (Å²) in [5, 5.41) is 68.3. The molecule has 3 fully saturated rings. The van der Waals surface area contributed by atoms with E-state index in [1.54, 1.807) is 60.9 Å². The summed E-state index contributed by atoms with van der Waals surface area (Å²) >= 11 is 0.826. The zero-order valence-corrected chi connectivity index (χ0v) is 71.3. The van der Waals surface area contributed by atoms with Gasteiger partial charge in [0.25, 0.3) is 5.91 Å². The van der Waals surface area contributed by atoms with Gasteiger partial charge in [0.05, 0.1) is 30.5 Å². The average Bonchev–Trinajstić information content (AvgIpc) is 1.64. The third kappa shape index (κ3) is 23.7. The molecule has 0 unspecified atom stereocenters. The highest BCUT2D eigenvalue weighted by Gasteiger charge is 2.47. The van der Waals surface area contributed by atoms with Crippen molar-refractivity contribution in [1.82, 2.24) is 87.4 Å². The Labute approximate surface area is 724 Å². The number of nitrogens with two attached hydrogens (primary N) is 2. The van der Waals surface area contributed by atoms with Crippen molar-refractivity contribution in [2.24, 2.45) is 11.5 Å². The maximum Gasteiger partial charge on any atom is 0.303 e. The molecule has 15 amide bonds. The molecule has 7 heterocycles. The van der Waals surface area contributed by atoms with Crippen molar-refractivity contribution in [1.29, 1.82) is 0 Å². The molecule has 41 heteroatoms. The largest absolute Gasteiger partial charge is 0.508 e. The molecule has 0 saturated carbocycles. The van der Waals surface area contributed by atoms with Crippen LogP contribution < -0.4 is 64.2 Å². The standard InChI is InChI=1S/C84H112N20O20S/c1-7-9-20-64-77(117)91-44(3)72(112)99-63(71(86)111)41-125-42-69(108)92-61-30-46-23-24-50(106)34-67(46)104(83(61)123)45(4)73(113)93-56(25-26-70(109)110)81(121)102-29-15-22-65(102)78(118)96-59(33-49-38-87-43-90-49)75(115)94-57(27-28-85)82(122)103-39-51(107)35-68(103)79(119)95-58(31-47-36-88-54-18-13-11-16-52(47)54)74(114)98-62(40-105)76(116)97-60(32-48-37-89-55-19-14-12-17-53(48)55)80(120)101(6)66(21-10-8-2)84(124)100(64)5/h11-14,16-19,23-24,34,36-38,43-45,51,56-66,68,88-89,105-107H,7-10,15,20-22,25-33,35,39-42,85H2,1-6H3,(H2,86,111)(H,87,90)(H,91,117)(H,92,108)(H,93,113)(H,94,115)(H,95,119)(H,96,118)(H,97,116)(H,98,114)(H,99,112)(H,109,110)/t44-,45-,51+,56-,57-,58-,59-,60-,61-,62-,63-,64-,65-,66-,68-/m0/s1. The average molecular weight is 1750 g/mol. The van der Waals surface area contributed by atoms with Gasteiger partial charge in [0.2, 0.25) is 82.7 Å². The number of carboxylic acids is 1. The summed E-state index contributed by atoms with van der Waals surface area (Å²) in [6.45, 7) is 4.36. The van der Waals surface area contributed by atoms with Crippen molar-refractivity contribution in [3.05, 3.63) is 114 Å². The second-order valence-electron chi connectivity index (χ2n) is 32.0. The van der Waals surface area contributed by atoms with E-state index in [4.69, 9.17) is 11.5 Å². The molecule has 20 N–H and O–H groups in total. The lowest BCUT2D eigenvalue weighted by Gasteiger charge is -2.38. The summed E-state index contributed by atoms with van der Waals surface area (Å²) in [5.74, 6) is -16.3. The number of imidazole rings is 1. The first-order valence-corrected chi connectivity index (χ1v) is 43.1. The number of phenolic OH excluding ortho intramolecular Hbond substituents is 1. The number of benzene rings is 3. The van der Waals surface area contributed by atoms with Crippen molar-refractivity contribution in [3.8, 4) is 5.75 Å². The van der Waals surface area contributed by atoms with Crippen LogP contribution in [0.5, 0.6) is 5.75 Å². The number of phenols is 1. The molecule has 0 radical (unpaired) electrons. The van der Waals surface area contributed by atoms with E-state index in [0.717, 1.165) is 31.4 Å². The van der Waals surface area contributed by atoms with Crippen LogP contribution in [-0.4, -0.2) is 297 Å². The van der Waals surface area contributed by atoms with Crippen LogP contribution in [0.2, 0.25) is 0 Å². The lowest BCUT2D eigenvalue weighted by Crippen LogP contribution is -2.62. The molecule has 3 aromatic carbocycles. The predicted molar refractivity (Wildman–Crippen MR) is 455 cm³/mol. The minimum Gasteiger partial charge on any atom is -0.508 e. The van der Waals surface area contributed by atoms with Gasteiger partial charge in [-0.15, -0.1) is 11.8 Å². The van der Waals surface area contributed by atoms with Gasteiger partial charge in [0, 0.05) is 124 Å². The second kappa shape index (κ2) is 43.7. The minimum atomic E-state index is -1.87. The van der Waals surface area contributed by atoms with Gasteiger partial charge in [0.1, 0.15) is 90.3 Å². The van der Waals surface area contributed by atoms with Crippen LogP contribution in [0.4, 0.5) is 5.69 Å². The quantitative estimate of drug-likeness (QED) is 0.0413. The predicted octanol–water partition coefficient (Wildman–Crippen LogP) is -2.11. The smallest absolute Gasteiger partial charge is 0.303 e. The van der Waals surface area contributed by atoms with Crippen molar-refractivity contribution in [2.45, 2.75) is 221 Å². The van der Waals surface area contributed by atoms with Crippen LogP contribution in [0.1, 0.15) is 127 Å². The van der Waals surface area contributed by atoms with Crippen LogP contribution in [0.25, 0.3) is 21.8 Å². The summed E-state index contributed by atoms with van der Waals surface area (Å²) in [5.41, 5.74) is 14.9. The zero-order valence-electron chi connectivity index (χ0n) is 70.4. The number of hydrogen-bond donors (Lipinski definition) is 18. The number of anilines is 1. The Kier molecular flexibility index (Phi) is 33.1. The molecule has 125 heavy (non-hydrogen) atoms. The summed E-state index contributed by atoms with van der Waals surface area (Å²) in [6, 6.07) is -3.21. The highest BCUT2D eigenvalue weighted by molar-refractivity contribution is 8.00. The molecule has 10 rings (SSSR count). The van der Waals surface area contributed by atoms with Crippen molar-refractivity contribution < 1.29 is 97.1 Å². The molecule has 3 aromatic heterocycles. The molecule has 0 aliphatic carbocycles. The lowest BCUT2D eigenvalue weighted by molar-refractivity contribution is -0.149. The van der Waals surface area contributed by atoms with Gasteiger partial charge < -0.3 is 114 Å².